The average Bonchev–Trinajstić information content (AvgIpc) is 2.79. The molecule has 4 N–H and O–H groups in total. The Morgan fingerprint density at radius 3 is 2.62 bits per heavy atom. The lowest BCUT2D eigenvalue weighted by Crippen LogP contribution is -2.46. The molecule has 1 fully saturated rings. The first kappa shape index (κ1) is 19.6. The Hall–Kier alpha value is -0.750. The van der Waals surface area contributed by atoms with Crippen LogP contribution in [0.3, 0.4) is 0 Å². The van der Waals surface area contributed by atoms with E-state index >= 15 is 0 Å². The summed E-state index contributed by atoms with van der Waals surface area (Å²) in [5.74, 6) is 0. The summed E-state index contributed by atoms with van der Waals surface area (Å²) in [6.45, 7) is -0.620. The van der Waals surface area contributed by atoms with Gasteiger partial charge < -0.3 is 24.7 Å². The Morgan fingerprint density at radius 2 is 2.08 bits per heavy atom. The molecular formula is C12H15NO8PS2+. The molecule has 1 aromatic rings. The molecule has 1 aliphatic rings. The zero-order chi connectivity index (χ0) is 18.1. The van der Waals surface area contributed by atoms with Gasteiger partial charge in [-0.05, 0) is 6.07 Å². The van der Waals surface area contributed by atoms with Crippen LogP contribution in [0.4, 0.5) is 0 Å². The van der Waals surface area contributed by atoms with Gasteiger partial charge in [-0.15, -0.1) is 12.6 Å². The van der Waals surface area contributed by atoms with E-state index in [9.17, 15) is 19.6 Å². The van der Waals surface area contributed by atoms with E-state index in [0.717, 1.165) is 0 Å². The second-order valence-electron chi connectivity index (χ2n) is 5.06. The van der Waals surface area contributed by atoms with Crippen LogP contribution in [0.25, 0.3) is 0 Å². The summed E-state index contributed by atoms with van der Waals surface area (Å²) in [5, 5.41) is 20.9. The Labute approximate surface area is 147 Å². The van der Waals surface area contributed by atoms with Crippen molar-refractivity contribution in [2.75, 3.05) is 6.61 Å². The zero-order valence-electron chi connectivity index (χ0n) is 12.0. The molecule has 2 heterocycles. The maximum Gasteiger partial charge on any atom is 0.469 e. The minimum Gasteiger partial charge on any atom is -0.387 e. The van der Waals surface area contributed by atoms with Crippen molar-refractivity contribution in [3.8, 4) is 0 Å². The van der Waals surface area contributed by atoms with Gasteiger partial charge in [0.05, 0.1) is 17.7 Å². The molecule has 0 unspecified atom stereocenters. The number of thiol groups is 1. The molecule has 1 aliphatic heterocycles. The highest BCUT2D eigenvalue weighted by Gasteiger charge is 2.49. The normalized spacial score (nSPS) is 27.2. The largest absolute Gasteiger partial charge is 0.469 e. The number of ether oxygens (including phenoxy) is 1. The summed E-state index contributed by atoms with van der Waals surface area (Å²) >= 11 is 8.55. The SMILES string of the molecule is O=C(S)c1cc(C=S)c[n+]([C@@H]2O[C@H](COP(=O)(O)O)[C@@H](O)[C@H]2O)c1. The predicted octanol–water partition coefficient (Wildman–Crippen LogP) is -0.880. The Kier molecular flexibility index (Phi) is 6.24. The molecule has 4 atom stereocenters. The van der Waals surface area contributed by atoms with Gasteiger partial charge >= 0.3 is 7.82 Å². The zero-order valence-corrected chi connectivity index (χ0v) is 14.6. The van der Waals surface area contributed by atoms with Gasteiger partial charge in [0.1, 0.15) is 12.2 Å². The number of aliphatic hydroxyl groups is 2. The van der Waals surface area contributed by atoms with Crippen molar-refractivity contribution < 1.29 is 43.2 Å². The first-order valence-corrected chi connectivity index (χ1v) is 9.03. The van der Waals surface area contributed by atoms with Gasteiger partial charge in [-0.2, -0.15) is 4.57 Å². The van der Waals surface area contributed by atoms with Crippen molar-refractivity contribution in [3.63, 3.8) is 0 Å². The second kappa shape index (κ2) is 7.65. The van der Waals surface area contributed by atoms with E-state index in [0.29, 0.717) is 5.56 Å². The number of hydrogen-bond donors (Lipinski definition) is 5. The standard InChI is InChI=1S/C12H14NO8PS2/c14-9-8(4-20-22(17,18)19)21-11(10(9)15)13-2-6(5-23)1-7(3-13)12(16)24/h1-3,5,8-11,14-15H,4H2,(H2-,16,17,18,19,24)/p+1/t8-,9-,10-,11-/m1/s1. The maximum absolute atomic E-state index is 11.4. The highest BCUT2D eigenvalue weighted by Crippen LogP contribution is 2.37. The van der Waals surface area contributed by atoms with Gasteiger partial charge in [0.25, 0.3) is 6.23 Å². The molecule has 0 amide bonds. The van der Waals surface area contributed by atoms with E-state index in [4.69, 9.17) is 26.7 Å². The Morgan fingerprint density at radius 1 is 1.42 bits per heavy atom. The van der Waals surface area contributed by atoms with Crippen LogP contribution in [-0.2, 0) is 13.8 Å². The quantitative estimate of drug-likeness (QED) is 0.180. The second-order valence-corrected chi connectivity index (χ2v) is 6.94. The fraction of sp³-hybridized carbons (Fsp3) is 0.417. The molecule has 132 valence electrons. The number of carbonyl (C=O) groups is 1. The molecule has 0 spiro atoms. The van der Waals surface area contributed by atoms with Crippen LogP contribution < -0.4 is 4.57 Å². The molecule has 0 aromatic carbocycles. The van der Waals surface area contributed by atoms with Crippen LogP contribution in [-0.4, -0.2) is 55.4 Å². The van der Waals surface area contributed by atoms with Gasteiger partial charge in [-0.1, -0.05) is 12.2 Å². The number of phosphoric ester groups is 1. The van der Waals surface area contributed by atoms with Gasteiger partial charge in [-0.25, -0.2) is 4.57 Å². The lowest BCUT2D eigenvalue weighted by atomic mass is 10.1. The third-order valence-electron chi connectivity index (χ3n) is 3.33. The average molecular weight is 396 g/mol. The minimum atomic E-state index is -4.74. The third-order valence-corrected chi connectivity index (χ3v) is 4.35. The fourth-order valence-corrected chi connectivity index (χ4v) is 2.83. The summed E-state index contributed by atoms with van der Waals surface area (Å²) in [6.07, 6.45) is -2.29. The lowest BCUT2D eigenvalue weighted by Gasteiger charge is -2.13. The van der Waals surface area contributed by atoms with E-state index in [-0.39, 0.29) is 5.56 Å². The fourth-order valence-electron chi connectivity index (χ4n) is 2.24. The van der Waals surface area contributed by atoms with Crippen LogP contribution in [0.15, 0.2) is 18.5 Å². The molecule has 12 heteroatoms. The maximum atomic E-state index is 11.4. The number of carbonyl (C=O) groups excluding carboxylic acids is 1. The molecule has 0 aliphatic carbocycles. The number of thiocarbonyl (C=S) groups is 1. The number of aromatic nitrogens is 1. The van der Waals surface area contributed by atoms with Crippen molar-refractivity contribution in [2.45, 2.75) is 24.5 Å². The van der Waals surface area contributed by atoms with Crippen LogP contribution in [0.2, 0.25) is 0 Å². The number of nitrogens with zero attached hydrogens (tertiary/aromatic N) is 1. The number of hydrogen-bond acceptors (Lipinski definition) is 7. The first-order chi connectivity index (χ1) is 11.1. The van der Waals surface area contributed by atoms with E-state index in [1.807, 2.05) is 0 Å². The molecule has 24 heavy (non-hydrogen) atoms. The van der Waals surface area contributed by atoms with Crippen molar-refractivity contribution in [1.29, 1.82) is 0 Å². The van der Waals surface area contributed by atoms with E-state index in [1.54, 1.807) is 0 Å². The van der Waals surface area contributed by atoms with Gasteiger partial charge in [0.2, 0.25) is 5.12 Å². The molecule has 9 nitrogen and oxygen atoms in total. The molecule has 0 radical (unpaired) electrons. The van der Waals surface area contributed by atoms with Crippen LogP contribution in [0.1, 0.15) is 22.1 Å². The molecular weight excluding hydrogens is 381 g/mol. The summed E-state index contributed by atoms with van der Waals surface area (Å²) in [4.78, 5) is 28.8. The lowest BCUT2D eigenvalue weighted by molar-refractivity contribution is -0.765. The number of rotatable bonds is 6. The molecule has 1 saturated heterocycles. The highest BCUT2D eigenvalue weighted by molar-refractivity contribution is 7.97. The Bertz CT molecular complexity index is 696. The molecule has 0 bridgehead atoms. The topological polar surface area (TPSA) is 137 Å². The van der Waals surface area contributed by atoms with Gasteiger partial charge in [0.15, 0.2) is 18.5 Å². The summed E-state index contributed by atoms with van der Waals surface area (Å²) in [6, 6.07) is 1.49. The summed E-state index contributed by atoms with van der Waals surface area (Å²) in [5.41, 5.74) is 0.669. The summed E-state index contributed by atoms with van der Waals surface area (Å²) < 4.78 is 21.8. The van der Waals surface area contributed by atoms with Crippen molar-refractivity contribution in [2.24, 2.45) is 0 Å². The first-order valence-electron chi connectivity index (χ1n) is 6.58. The monoisotopic (exact) mass is 396 g/mol. The smallest absolute Gasteiger partial charge is 0.387 e. The van der Waals surface area contributed by atoms with E-state index < -0.39 is 44.1 Å². The number of pyridine rings is 1. The van der Waals surface area contributed by atoms with Crippen molar-refractivity contribution >= 4 is 43.2 Å². The Balaban J connectivity index is 2.26. The van der Waals surface area contributed by atoms with Crippen molar-refractivity contribution in [1.82, 2.24) is 0 Å². The molecule has 0 saturated carbocycles. The molecule has 1 aromatic heterocycles. The van der Waals surface area contributed by atoms with Crippen LogP contribution in [0.5, 0.6) is 0 Å². The molecule has 2 rings (SSSR count). The summed E-state index contributed by atoms with van der Waals surface area (Å²) in [7, 11) is -4.74. The van der Waals surface area contributed by atoms with Gasteiger partial charge in [-0.3, -0.25) is 9.32 Å². The van der Waals surface area contributed by atoms with Gasteiger partial charge in [0, 0.05) is 5.37 Å². The van der Waals surface area contributed by atoms with Crippen molar-refractivity contribution in [3.05, 3.63) is 29.6 Å². The third kappa shape index (κ3) is 4.66. The van der Waals surface area contributed by atoms with Crippen LogP contribution in [0, 0.1) is 0 Å². The number of phosphoric acid groups is 1. The highest BCUT2D eigenvalue weighted by atomic mass is 32.1. The number of aliphatic hydroxyl groups excluding tert-OH is 2. The van der Waals surface area contributed by atoms with Crippen LogP contribution >= 0.6 is 32.7 Å². The van der Waals surface area contributed by atoms with E-state index in [1.165, 1.54) is 28.4 Å². The predicted molar refractivity (Wildman–Crippen MR) is 86.6 cm³/mol. The minimum absolute atomic E-state index is 0.192. The van der Waals surface area contributed by atoms with E-state index in [2.05, 4.69) is 17.2 Å².